The number of nitrogens with zero attached hydrogens (tertiary/aromatic N) is 1. The number of halogens is 2. The van der Waals surface area contributed by atoms with Crippen LogP contribution in [0, 0.1) is 18.8 Å². The second kappa shape index (κ2) is 10.4. The first-order chi connectivity index (χ1) is 14.6. The molecule has 1 N–H and O–H groups in total. The Labute approximate surface area is 197 Å². The number of amides is 1. The van der Waals surface area contributed by atoms with Crippen LogP contribution in [0.4, 0.5) is 0 Å². The van der Waals surface area contributed by atoms with Gasteiger partial charge in [0, 0.05) is 5.56 Å². The number of carbonyl (C=O) groups is 1. The number of aryl methyl sites for hydroxylation is 1. The average Bonchev–Trinajstić information content (AvgIpc) is 2.72. The molecule has 0 bridgehead atoms. The zero-order valence-electron chi connectivity index (χ0n) is 19.1. The van der Waals surface area contributed by atoms with Crippen LogP contribution in [0.3, 0.4) is 0 Å². The number of likely N-dealkylation sites (tertiary alicyclic amines) is 1. The zero-order valence-corrected chi connectivity index (χ0v) is 20.6. The van der Waals surface area contributed by atoms with Crippen LogP contribution < -0.4 is 5.32 Å². The van der Waals surface area contributed by atoms with Crippen molar-refractivity contribution in [1.29, 1.82) is 0 Å². The molecule has 1 amide bonds. The van der Waals surface area contributed by atoms with Crippen LogP contribution in [-0.2, 0) is 6.42 Å². The van der Waals surface area contributed by atoms with Gasteiger partial charge in [0.05, 0.1) is 42.8 Å². The van der Waals surface area contributed by atoms with Gasteiger partial charge in [-0.25, -0.2) is 0 Å². The SMILES string of the molecule is Cc1ccc(C(=O)NC(C[N+]2(C)CCC(Cc3ccc(Cl)c(Cl)c3)CC2)C(C)C)cc1. The maximum absolute atomic E-state index is 12.8. The lowest BCUT2D eigenvalue weighted by Gasteiger charge is -2.43. The molecule has 0 saturated carbocycles. The summed E-state index contributed by atoms with van der Waals surface area (Å²) in [4.78, 5) is 12.8. The van der Waals surface area contributed by atoms with Gasteiger partial charge >= 0.3 is 0 Å². The molecule has 1 fully saturated rings. The number of hydrogen-bond acceptors (Lipinski definition) is 1. The van der Waals surface area contributed by atoms with E-state index in [0.717, 1.165) is 36.1 Å². The molecule has 0 spiro atoms. The highest BCUT2D eigenvalue weighted by Crippen LogP contribution is 2.29. The predicted molar refractivity (Wildman–Crippen MR) is 131 cm³/mol. The van der Waals surface area contributed by atoms with Crippen LogP contribution >= 0.6 is 23.2 Å². The van der Waals surface area contributed by atoms with Gasteiger partial charge in [0.15, 0.2) is 0 Å². The van der Waals surface area contributed by atoms with Crippen molar-refractivity contribution in [2.24, 2.45) is 11.8 Å². The third kappa shape index (κ3) is 6.71. The van der Waals surface area contributed by atoms with E-state index in [1.54, 1.807) is 0 Å². The van der Waals surface area contributed by atoms with E-state index in [4.69, 9.17) is 23.2 Å². The Kier molecular flexibility index (Phi) is 8.07. The highest BCUT2D eigenvalue weighted by molar-refractivity contribution is 6.42. The Balaban J connectivity index is 1.56. The molecule has 0 aromatic heterocycles. The average molecular weight is 462 g/mol. The van der Waals surface area contributed by atoms with Gasteiger partial charge in [-0.2, -0.15) is 0 Å². The number of hydrogen-bond donors (Lipinski definition) is 1. The van der Waals surface area contributed by atoms with Gasteiger partial charge in [0.25, 0.3) is 5.91 Å². The molecule has 1 aliphatic rings. The molecule has 1 aliphatic heterocycles. The first-order valence-corrected chi connectivity index (χ1v) is 12.1. The molecule has 3 nitrogen and oxygen atoms in total. The number of likely N-dealkylation sites (N-methyl/N-ethyl adjacent to an activating group) is 1. The van der Waals surface area contributed by atoms with E-state index in [0.29, 0.717) is 21.9 Å². The summed E-state index contributed by atoms with van der Waals surface area (Å²) in [7, 11) is 2.34. The summed E-state index contributed by atoms with van der Waals surface area (Å²) in [6.07, 6.45) is 3.43. The minimum Gasteiger partial charge on any atom is -0.343 e. The smallest absolute Gasteiger partial charge is 0.251 e. The molecule has 5 heteroatoms. The summed E-state index contributed by atoms with van der Waals surface area (Å²) in [6.45, 7) is 9.67. The number of benzene rings is 2. The van der Waals surface area contributed by atoms with Crippen molar-refractivity contribution in [2.75, 3.05) is 26.7 Å². The molecule has 31 heavy (non-hydrogen) atoms. The molecule has 1 atom stereocenters. The summed E-state index contributed by atoms with van der Waals surface area (Å²) in [6, 6.07) is 13.9. The fourth-order valence-electron chi connectivity index (χ4n) is 4.49. The Hall–Kier alpha value is -1.55. The molecular formula is C26H35Cl2N2O+. The van der Waals surface area contributed by atoms with E-state index < -0.39 is 0 Å². The second-order valence-corrected chi connectivity index (χ2v) is 10.6. The van der Waals surface area contributed by atoms with Crippen LogP contribution in [0.25, 0.3) is 0 Å². The van der Waals surface area contributed by atoms with E-state index in [9.17, 15) is 4.79 Å². The van der Waals surface area contributed by atoms with E-state index >= 15 is 0 Å². The van der Waals surface area contributed by atoms with E-state index in [-0.39, 0.29) is 11.9 Å². The normalized spacial score (nSPS) is 22.4. The molecule has 1 heterocycles. The summed E-state index contributed by atoms with van der Waals surface area (Å²) in [5.41, 5.74) is 3.17. The number of piperidine rings is 1. The lowest BCUT2D eigenvalue weighted by Crippen LogP contribution is -2.58. The third-order valence-corrected chi connectivity index (χ3v) is 7.47. The van der Waals surface area contributed by atoms with Crippen LogP contribution in [0.15, 0.2) is 42.5 Å². The van der Waals surface area contributed by atoms with Gasteiger partial charge in [-0.3, -0.25) is 4.79 Å². The van der Waals surface area contributed by atoms with Gasteiger partial charge in [-0.1, -0.05) is 60.8 Å². The molecular weight excluding hydrogens is 427 g/mol. The highest BCUT2D eigenvalue weighted by atomic mass is 35.5. The molecule has 0 radical (unpaired) electrons. The number of rotatable bonds is 7. The zero-order chi connectivity index (χ0) is 22.6. The number of carbonyl (C=O) groups excluding carboxylic acids is 1. The highest BCUT2D eigenvalue weighted by Gasteiger charge is 2.34. The van der Waals surface area contributed by atoms with Crippen LogP contribution in [0.5, 0.6) is 0 Å². The Morgan fingerprint density at radius 1 is 1.06 bits per heavy atom. The van der Waals surface area contributed by atoms with Gasteiger partial charge in [0.2, 0.25) is 0 Å². The quantitative estimate of drug-likeness (QED) is 0.491. The Morgan fingerprint density at radius 2 is 1.71 bits per heavy atom. The van der Waals surface area contributed by atoms with Crippen molar-refractivity contribution in [2.45, 2.75) is 46.1 Å². The van der Waals surface area contributed by atoms with Gasteiger partial charge in [0.1, 0.15) is 0 Å². The molecule has 168 valence electrons. The van der Waals surface area contributed by atoms with Gasteiger partial charge in [-0.15, -0.1) is 0 Å². The van der Waals surface area contributed by atoms with Crippen LogP contribution in [0.2, 0.25) is 10.0 Å². The maximum atomic E-state index is 12.8. The van der Waals surface area contributed by atoms with E-state index in [2.05, 4.69) is 32.3 Å². The first-order valence-electron chi connectivity index (χ1n) is 11.3. The maximum Gasteiger partial charge on any atom is 0.251 e. The molecule has 2 aromatic carbocycles. The largest absolute Gasteiger partial charge is 0.343 e. The molecule has 0 aliphatic carbocycles. The van der Waals surface area contributed by atoms with E-state index in [1.807, 2.05) is 43.3 Å². The molecule has 2 aromatic rings. The van der Waals surface area contributed by atoms with Crippen molar-refractivity contribution in [3.8, 4) is 0 Å². The monoisotopic (exact) mass is 461 g/mol. The second-order valence-electron chi connectivity index (χ2n) is 9.84. The van der Waals surface area contributed by atoms with Crippen molar-refractivity contribution >= 4 is 29.1 Å². The van der Waals surface area contributed by atoms with Crippen LogP contribution in [0.1, 0.15) is 48.2 Å². The Bertz CT molecular complexity index is 887. The predicted octanol–water partition coefficient (Wildman–Crippen LogP) is 6.16. The third-order valence-electron chi connectivity index (χ3n) is 6.74. The first kappa shape index (κ1) is 24.1. The lowest BCUT2D eigenvalue weighted by molar-refractivity contribution is -0.916. The summed E-state index contributed by atoms with van der Waals surface area (Å²) in [5, 5.41) is 4.56. The minimum absolute atomic E-state index is 0.0276. The summed E-state index contributed by atoms with van der Waals surface area (Å²) < 4.78 is 1.01. The van der Waals surface area contributed by atoms with Crippen molar-refractivity contribution in [1.82, 2.24) is 5.32 Å². The fourth-order valence-corrected chi connectivity index (χ4v) is 4.81. The summed E-state index contributed by atoms with van der Waals surface area (Å²) in [5.74, 6) is 1.08. The lowest BCUT2D eigenvalue weighted by atomic mass is 9.88. The fraction of sp³-hybridized carbons (Fsp3) is 0.500. The van der Waals surface area contributed by atoms with Gasteiger partial charge < -0.3 is 9.80 Å². The Morgan fingerprint density at radius 3 is 2.29 bits per heavy atom. The topological polar surface area (TPSA) is 29.1 Å². The minimum atomic E-state index is 0.0276. The van der Waals surface area contributed by atoms with Crippen molar-refractivity contribution in [3.63, 3.8) is 0 Å². The van der Waals surface area contributed by atoms with E-state index in [1.165, 1.54) is 24.0 Å². The summed E-state index contributed by atoms with van der Waals surface area (Å²) >= 11 is 12.2. The molecule has 3 rings (SSSR count). The van der Waals surface area contributed by atoms with Crippen LogP contribution in [-0.4, -0.2) is 43.1 Å². The standard InChI is InChI=1S/C26H34Cl2N2O/c1-18(2)25(29-26(31)22-8-5-19(3)6-9-22)17-30(4)13-11-20(12-14-30)15-21-7-10-23(27)24(28)16-21/h5-10,16,18,20,25H,11-15,17H2,1-4H3/p+1. The van der Waals surface area contributed by atoms with Crippen molar-refractivity contribution < 1.29 is 9.28 Å². The molecule has 1 unspecified atom stereocenters. The van der Waals surface area contributed by atoms with Gasteiger partial charge in [-0.05, 0) is 67.9 Å². The van der Waals surface area contributed by atoms with Crippen molar-refractivity contribution in [3.05, 3.63) is 69.2 Å². The molecule has 1 saturated heterocycles. The number of nitrogens with one attached hydrogen (secondary N) is 1. The number of quaternary nitrogens is 1.